The summed E-state index contributed by atoms with van der Waals surface area (Å²) in [6.07, 6.45) is 3.30. The van der Waals surface area contributed by atoms with Crippen molar-refractivity contribution >= 4 is 11.6 Å². The molecule has 3 nitrogen and oxygen atoms in total. The zero-order valence-electron chi connectivity index (χ0n) is 15.2. The highest BCUT2D eigenvalue weighted by atomic mass is 19.1. The van der Waals surface area contributed by atoms with E-state index in [4.69, 9.17) is 0 Å². The minimum atomic E-state index is -0.221. The van der Waals surface area contributed by atoms with E-state index in [9.17, 15) is 9.18 Å². The van der Waals surface area contributed by atoms with Gasteiger partial charge in [-0.2, -0.15) is 0 Å². The maximum Gasteiger partial charge on any atom is 0.251 e. The Morgan fingerprint density at radius 1 is 1.15 bits per heavy atom. The molecule has 1 heterocycles. The number of carbonyl (C=O) groups is 1. The molecule has 4 rings (SSSR count). The third-order valence-electron chi connectivity index (χ3n) is 5.82. The van der Waals surface area contributed by atoms with Gasteiger partial charge in [0, 0.05) is 36.3 Å². The first kappa shape index (κ1) is 17.1. The molecular formula is C22H25FN2O. The number of benzene rings is 2. The SMILES string of the molecule is CC1CCN(c2ccc(C(=O)NCC3(c4ccc(F)cc4)CC3)cc2)C1. The van der Waals surface area contributed by atoms with E-state index >= 15 is 0 Å². The molecule has 2 fully saturated rings. The van der Waals surface area contributed by atoms with Crippen LogP contribution in [0.4, 0.5) is 10.1 Å². The summed E-state index contributed by atoms with van der Waals surface area (Å²) in [5.41, 5.74) is 2.97. The number of nitrogens with zero attached hydrogens (tertiary/aromatic N) is 1. The Morgan fingerprint density at radius 3 is 2.42 bits per heavy atom. The van der Waals surface area contributed by atoms with Crippen LogP contribution in [0.25, 0.3) is 0 Å². The second-order valence-electron chi connectivity index (χ2n) is 7.86. The maximum absolute atomic E-state index is 13.1. The molecule has 2 aliphatic rings. The van der Waals surface area contributed by atoms with Crippen LogP contribution in [-0.4, -0.2) is 25.5 Å². The minimum Gasteiger partial charge on any atom is -0.371 e. The van der Waals surface area contributed by atoms with E-state index in [0.29, 0.717) is 12.1 Å². The zero-order chi connectivity index (χ0) is 18.1. The van der Waals surface area contributed by atoms with Gasteiger partial charge < -0.3 is 10.2 Å². The third kappa shape index (κ3) is 3.46. The van der Waals surface area contributed by atoms with Gasteiger partial charge >= 0.3 is 0 Å². The molecule has 0 bridgehead atoms. The van der Waals surface area contributed by atoms with Crippen LogP contribution in [0.1, 0.15) is 42.1 Å². The molecule has 26 heavy (non-hydrogen) atoms. The van der Waals surface area contributed by atoms with Crippen LogP contribution in [0.2, 0.25) is 0 Å². The fourth-order valence-corrected chi connectivity index (χ4v) is 3.87. The number of amides is 1. The summed E-state index contributed by atoms with van der Waals surface area (Å²) >= 11 is 0. The fourth-order valence-electron chi connectivity index (χ4n) is 3.87. The van der Waals surface area contributed by atoms with Gasteiger partial charge in [-0.1, -0.05) is 19.1 Å². The van der Waals surface area contributed by atoms with E-state index in [0.717, 1.165) is 37.4 Å². The van der Waals surface area contributed by atoms with Gasteiger partial charge in [-0.25, -0.2) is 4.39 Å². The molecular weight excluding hydrogens is 327 g/mol. The van der Waals surface area contributed by atoms with Gasteiger partial charge in [-0.05, 0) is 67.1 Å². The molecule has 4 heteroatoms. The zero-order valence-corrected chi connectivity index (χ0v) is 15.2. The maximum atomic E-state index is 13.1. The van der Waals surface area contributed by atoms with Crippen molar-refractivity contribution in [2.45, 2.75) is 31.6 Å². The first-order valence-electron chi connectivity index (χ1n) is 9.45. The molecule has 1 atom stereocenters. The lowest BCUT2D eigenvalue weighted by atomic mass is 9.96. The van der Waals surface area contributed by atoms with Gasteiger partial charge in [-0.3, -0.25) is 4.79 Å². The monoisotopic (exact) mass is 352 g/mol. The van der Waals surface area contributed by atoms with Crippen molar-refractivity contribution in [3.63, 3.8) is 0 Å². The molecule has 2 aromatic rings. The van der Waals surface area contributed by atoms with Crippen molar-refractivity contribution in [2.24, 2.45) is 5.92 Å². The third-order valence-corrected chi connectivity index (χ3v) is 5.82. The van der Waals surface area contributed by atoms with Crippen LogP contribution in [-0.2, 0) is 5.41 Å². The highest BCUT2D eigenvalue weighted by Gasteiger charge is 2.44. The molecule has 1 amide bonds. The van der Waals surface area contributed by atoms with Gasteiger partial charge in [0.25, 0.3) is 5.91 Å². The van der Waals surface area contributed by atoms with Gasteiger partial charge in [0.1, 0.15) is 5.82 Å². The molecule has 0 spiro atoms. The lowest BCUT2D eigenvalue weighted by molar-refractivity contribution is 0.0949. The van der Waals surface area contributed by atoms with Crippen molar-refractivity contribution < 1.29 is 9.18 Å². The number of carbonyl (C=O) groups excluding carboxylic acids is 1. The Kier molecular flexibility index (Phi) is 4.43. The molecule has 2 aromatic carbocycles. The van der Waals surface area contributed by atoms with Gasteiger partial charge in [0.2, 0.25) is 0 Å². The van der Waals surface area contributed by atoms with Crippen molar-refractivity contribution in [1.82, 2.24) is 5.32 Å². The molecule has 1 N–H and O–H groups in total. The fraction of sp³-hybridized carbons (Fsp3) is 0.409. The Hall–Kier alpha value is -2.36. The lowest BCUT2D eigenvalue weighted by Gasteiger charge is -2.19. The Morgan fingerprint density at radius 2 is 1.85 bits per heavy atom. The lowest BCUT2D eigenvalue weighted by Crippen LogP contribution is -2.32. The van der Waals surface area contributed by atoms with E-state index in [2.05, 4.69) is 17.1 Å². The van der Waals surface area contributed by atoms with Crippen molar-refractivity contribution in [2.75, 3.05) is 24.5 Å². The van der Waals surface area contributed by atoms with E-state index < -0.39 is 0 Å². The van der Waals surface area contributed by atoms with E-state index in [1.165, 1.54) is 24.2 Å². The van der Waals surface area contributed by atoms with E-state index in [1.54, 1.807) is 0 Å². The smallest absolute Gasteiger partial charge is 0.251 e. The average molecular weight is 352 g/mol. The standard InChI is InChI=1S/C22H25FN2O/c1-16-10-13-25(14-16)20-8-2-17(3-9-20)21(26)24-15-22(11-12-22)18-4-6-19(23)7-5-18/h2-9,16H,10-15H2,1H3,(H,24,26). The van der Waals surface area contributed by atoms with Crippen molar-refractivity contribution in [1.29, 1.82) is 0 Å². The first-order chi connectivity index (χ1) is 12.6. The Balaban J connectivity index is 1.37. The topological polar surface area (TPSA) is 32.3 Å². The normalized spacial score (nSPS) is 20.8. The van der Waals surface area contributed by atoms with Gasteiger partial charge in [0.15, 0.2) is 0 Å². The predicted octanol–water partition coefficient (Wildman–Crippen LogP) is 4.13. The van der Waals surface area contributed by atoms with Crippen LogP contribution in [0.5, 0.6) is 0 Å². The Bertz CT molecular complexity index is 781. The number of hydrogen-bond donors (Lipinski definition) is 1. The average Bonchev–Trinajstić information content (AvgIpc) is 3.33. The summed E-state index contributed by atoms with van der Waals surface area (Å²) < 4.78 is 13.1. The largest absolute Gasteiger partial charge is 0.371 e. The van der Waals surface area contributed by atoms with Gasteiger partial charge in [0.05, 0.1) is 0 Å². The van der Waals surface area contributed by atoms with Crippen molar-refractivity contribution in [3.05, 3.63) is 65.5 Å². The summed E-state index contributed by atoms with van der Waals surface area (Å²) in [7, 11) is 0. The molecule has 1 aliphatic carbocycles. The summed E-state index contributed by atoms with van der Waals surface area (Å²) in [6.45, 7) is 5.05. The molecule has 136 valence electrons. The molecule has 1 saturated carbocycles. The molecule has 0 aromatic heterocycles. The molecule has 0 radical (unpaired) electrons. The van der Waals surface area contributed by atoms with Crippen LogP contribution in [0, 0.1) is 11.7 Å². The first-order valence-corrected chi connectivity index (χ1v) is 9.45. The highest BCUT2D eigenvalue weighted by Crippen LogP contribution is 2.47. The highest BCUT2D eigenvalue weighted by molar-refractivity contribution is 5.94. The summed E-state index contributed by atoms with van der Waals surface area (Å²) in [4.78, 5) is 14.9. The van der Waals surface area contributed by atoms with Crippen LogP contribution < -0.4 is 10.2 Å². The summed E-state index contributed by atoms with van der Waals surface area (Å²) in [5, 5.41) is 3.06. The number of anilines is 1. The predicted molar refractivity (Wildman–Crippen MR) is 102 cm³/mol. The quantitative estimate of drug-likeness (QED) is 0.877. The number of halogens is 1. The van der Waals surface area contributed by atoms with Crippen LogP contribution in [0.15, 0.2) is 48.5 Å². The van der Waals surface area contributed by atoms with Crippen molar-refractivity contribution in [3.8, 4) is 0 Å². The minimum absolute atomic E-state index is 0.0189. The second kappa shape index (κ2) is 6.75. The second-order valence-corrected chi connectivity index (χ2v) is 7.86. The number of hydrogen-bond acceptors (Lipinski definition) is 2. The summed E-state index contributed by atoms with van der Waals surface area (Å²) in [6, 6.07) is 14.6. The summed E-state index contributed by atoms with van der Waals surface area (Å²) in [5.74, 6) is 0.472. The molecule has 1 aliphatic heterocycles. The van der Waals surface area contributed by atoms with E-state index in [-0.39, 0.29) is 17.1 Å². The Labute approximate surface area is 154 Å². The number of rotatable bonds is 5. The van der Waals surface area contributed by atoms with Crippen LogP contribution in [0.3, 0.4) is 0 Å². The number of nitrogens with one attached hydrogen (secondary N) is 1. The van der Waals surface area contributed by atoms with E-state index in [1.807, 2.05) is 36.4 Å². The van der Waals surface area contributed by atoms with Crippen LogP contribution >= 0.6 is 0 Å². The molecule has 1 unspecified atom stereocenters. The van der Waals surface area contributed by atoms with Gasteiger partial charge in [-0.15, -0.1) is 0 Å². The molecule has 1 saturated heterocycles.